The lowest BCUT2D eigenvalue weighted by Gasteiger charge is -2.33. The lowest BCUT2D eigenvalue weighted by molar-refractivity contribution is -0.159. The molecule has 184 valence electrons. The fraction of sp³-hybridized carbons (Fsp3) is 0.348. The topological polar surface area (TPSA) is 140 Å². The third-order valence-electron chi connectivity index (χ3n) is 4.94. The molecule has 3 rings (SSSR count). The molecule has 2 aromatic carbocycles. The summed E-state index contributed by atoms with van der Waals surface area (Å²) in [6, 6.07) is 13.3. The maximum atomic E-state index is 12.5. The van der Waals surface area contributed by atoms with E-state index in [-0.39, 0.29) is 23.3 Å². The summed E-state index contributed by atoms with van der Waals surface area (Å²) in [6.07, 6.45) is -0.0972. The van der Waals surface area contributed by atoms with Gasteiger partial charge in [0.25, 0.3) is 5.91 Å². The molecule has 2 aromatic rings. The van der Waals surface area contributed by atoms with Crippen molar-refractivity contribution in [2.75, 3.05) is 45.2 Å². The molecular formula is C23H28ClN3O7. The van der Waals surface area contributed by atoms with E-state index < -0.39 is 11.9 Å². The molecule has 1 heterocycles. The van der Waals surface area contributed by atoms with Crippen LogP contribution in [-0.4, -0.2) is 84.5 Å². The SMILES string of the molecule is CN(C)c1cc(O)c(C(=O)NCC2CN(Cc3ccccc3)CCO2)cc1Cl.O=C(O)C(=O)O. The first-order chi connectivity index (χ1) is 16.1. The molecule has 34 heavy (non-hydrogen) atoms. The van der Waals surface area contributed by atoms with Gasteiger partial charge in [0.1, 0.15) is 5.75 Å². The molecule has 1 atom stereocenters. The normalized spacial score (nSPS) is 15.6. The molecule has 1 amide bonds. The van der Waals surface area contributed by atoms with Crippen LogP contribution in [0.4, 0.5) is 5.69 Å². The van der Waals surface area contributed by atoms with Crippen LogP contribution in [0.15, 0.2) is 42.5 Å². The van der Waals surface area contributed by atoms with E-state index in [1.807, 2.05) is 32.3 Å². The highest BCUT2D eigenvalue weighted by molar-refractivity contribution is 6.33. The Hall–Kier alpha value is -3.34. The van der Waals surface area contributed by atoms with E-state index in [2.05, 4.69) is 22.3 Å². The number of carboxylic acid groups (broad SMARTS) is 2. The van der Waals surface area contributed by atoms with Crippen molar-refractivity contribution < 1.29 is 34.4 Å². The second-order valence-corrected chi connectivity index (χ2v) is 8.16. The molecule has 1 saturated heterocycles. The maximum Gasteiger partial charge on any atom is 0.414 e. The minimum Gasteiger partial charge on any atom is -0.507 e. The fourth-order valence-electron chi connectivity index (χ4n) is 3.27. The van der Waals surface area contributed by atoms with E-state index in [9.17, 15) is 9.90 Å². The molecule has 0 aliphatic carbocycles. The number of nitrogens with zero attached hydrogens (tertiary/aromatic N) is 2. The zero-order valence-corrected chi connectivity index (χ0v) is 19.7. The first-order valence-electron chi connectivity index (χ1n) is 10.4. The summed E-state index contributed by atoms with van der Waals surface area (Å²) >= 11 is 6.22. The van der Waals surface area contributed by atoms with Crippen LogP contribution in [0, 0.1) is 0 Å². The number of aromatic hydroxyl groups is 1. The highest BCUT2D eigenvalue weighted by atomic mass is 35.5. The largest absolute Gasteiger partial charge is 0.507 e. The number of ether oxygens (including phenoxy) is 1. The molecule has 1 aliphatic heterocycles. The molecule has 0 spiro atoms. The van der Waals surface area contributed by atoms with Crippen molar-refractivity contribution in [1.29, 1.82) is 0 Å². The number of anilines is 1. The number of amides is 1. The number of carbonyl (C=O) groups excluding carboxylic acids is 1. The molecule has 1 fully saturated rings. The average molecular weight is 494 g/mol. The molecule has 1 unspecified atom stereocenters. The fourth-order valence-corrected chi connectivity index (χ4v) is 3.60. The lowest BCUT2D eigenvalue weighted by atomic mass is 10.1. The summed E-state index contributed by atoms with van der Waals surface area (Å²) in [5.41, 5.74) is 2.07. The molecule has 0 bridgehead atoms. The Morgan fingerprint density at radius 1 is 1.15 bits per heavy atom. The molecule has 1 aliphatic rings. The first kappa shape index (κ1) is 26.9. The van der Waals surface area contributed by atoms with E-state index in [0.29, 0.717) is 23.9 Å². The minimum atomic E-state index is -1.82. The summed E-state index contributed by atoms with van der Waals surface area (Å²) in [5.74, 6) is -4.11. The number of morpholine rings is 1. The molecule has 10 nitrogen and oxygen atoms in total. The van der Waals surface area contributed by atoms with Crippen molar-refractivity contribution >= 4 is 35.1 Å². The number of phenolic OH excluding ortho intramolecular Hbond substituents is 1. The van der Waals surface area contributed by atoms with Crippen molar-refractivity contribution in [3.63, 3.8) is 0 Å². The number of carboxylic acids is 2. The van der Waals surface area contributed by atoms with Gasteiger partial charge in [-0.15, -0.1) is 0 Å². The smallest absolute Gasteiger partial charge is 0.414 e. The molecule has 11 heteroatoms. The third-order valence-corrected chi connectivity index (χ3v) is 5.24. The summed E-state index contributed by atoms with van der Waals surface area (Å²) in [7, 11) is 3.64. The van der Waals surface area contributed by atoms with Crippen LogP contribution in [0.5, 0.6) is 5.75 Å². The van der Waals surface area contributed by atoms with E-state index >= 15 is 0 Å². The van der Waals surface area contributed by atoms with Gasteiger partial charge < -0.3 is 30.3 Å². The van der Waals surface area contributed by atoms with Crippen molar-refractivity contribution in [2.45, 2.75) is 12.6 Å². The maximum absolute atomic E-state index is 12.5. The van der Waals surface area contributed by atoms with E-state index in [4.69, 9.17) is 36.1 Å². The van der Waals surface area contributed by atoms with Gasteiger partial charge in [-0.3, -0.25) is 9.69 Å². The van der Waals surface area contributed by atoms with Crippen molar-refractivity contribution in [1.82, 2.24) is 10.2 Å². The van der Waals surface area contributed by atoms with Crippen LogP contribution < -0.4 is 10.2 Å². The molecule has 4 N–H and O–H groups in total. The Morgan fingerprint density at radius 3 is 2.38 bits per heavy atom. The predicted molar refractivity (Wildman–Crippen MR) is 127 cm³/mol. The number of hydrogen-bond acceptors (Lipinski definition) is 7. The zero-order chi connectivity index (χ0) is 25.3. The Balaban J connectivity index is 0.000000604. The van der Waals surface area contributed by atoms with Gasteiger partial charge in [-0.1, -0.05) is 41.9 Å². The number of aliphatic carboxylic acids is 2. The highest BCUT2D eigenvalue weighted by Crippen LogP contribution is 2.31. The van der Waals surface area contributed by atoms with Crippen molar-refractivity contribution in [3.05, 3.63) is 58.6 Å². The van der Waals surface area contributed by atoms with Crippen LogP contribution in [0.3, 0.4) is 0 Å². The quantitative estimate of drug-likeness (QED) is 0.444. The molecule has 0 saturated carbocycles. The Morgan fingerprint density at radius 2 is 1.79 bits per heavy atom. The van der Waals surface area contributed by atoms with Gasteiger partial charge in [0.05, 0.1) is 29.0 Å². The van der Waals surface area contributed by atoms with Crippen LogP contribution in [0.25, 0.3) is 0 Å². The molecule has 0 radical (unpaired) electrons. The lowest BCUT2D eigenvalue weighted by Crippen LogP contribution is -2.47. The monoisotopic (exact) mass is 493 g/mol. The van der Waals surface area contributed by atoms with Crippen LogP contribution in [0.1, 0.15) is 15.9 Å². The summed E-state index contributed by atoms with van der Waals surface area (Å²) in [5, 5.41) is 28.2. The number of benzene rings is 2. The second-order valence-electron chi connectivity index (χ2n) is 7.75. The predicted octanol–water partition coefficient (Wildman–Crippen LogP) is 1.90. The average Bonchev–Trinajstić information content (AvgIpc) is 2.80. The first-order valence-corrected chi connectivity index (χ1v) is 10.8. The van der Waals surface area contributed by atoms with Gasteiger partial charge in [-0.25, -0.2) is 9.59 Å². The van der Waals surface area contributed by atoms with Crippen molar-refractivity contribution in [3.8, 4) is 5.75 Å². The van der Waals surface area contributed by atoms with Crippen molar-refractivity contribution in [2.24, 2.45) is 0 Å². The third kappa shape index (κ3) is 8.22. The number of phenols is 1. The van der Waals surface area contributed by atoms with Crippen LogP contribution in [-0.2, 0) is 20.9 Å². The number of carbonyl (C=O) groups is 3. The highest BCUT2D eigenvalue weighted by Gasteiger charge is 2.22. The zero-order valence-electron chi connectivity index (χ0n) is 18.9. The number of hydrogen-bond donors (Lipinski definition) is 4. The molecule has 0 aromatic heterocycles. The number of rotatable bonds is 6. The standard InChI is InChI=1S/C21H26ClN3O3.C2H2O4/c1-24(2)19-11-20(26)17(10-18(19)22)21(27)23-12-16-14-25(8-9-28-16)13-15-6-4-3-5-7-15;3-1(4)2(5)6/h3-7,10-11,16,26H,8-9,12-14H2,1-2H3,(H,23,27);(H,3,4)(H,5,6). The Labute approximate surface area is 202 Å². The van der Waals surface area contributed by atoms with Gasteiger partial charge in [0.2, 0.25) is 0 Å². The second kappa shape index (κ2) is 12.8. The van der Waals surface area contributed by atoms with Gasteiger partial charge in [-0.05, 0) is 11.6 Å². The van der Waals surface area contributed by atoms with Crippen LogP contribution in [0.2, 0.25) is 5.02 Å². The summed E-state index contributed by atoms with van der Waals surface area (Å²) < 4.78 is 5.79. The van der Waals surface area contributed by atoms with E-state index in [0.717, 1.165) is 19.6 Å². The molecular weight excluding hydrogens is 466 g/mol. The summed E-state index contributed by atoms with van der Waals surface area (Å²) in [4.78, 5) is 34.8. The van der Waals surface area contributed by atoms with Crippen LogP contribution >= 0.6 is 11.6 Å². The van der Waals surface area contributed by atoms with Gasteiger partial charge in [0.15, 0.2) is 0 Å². The van der Waals surface area contributed by atoms with E-state index in [1.54, 1.807) is 4.90 Å². The Kier molecular flexibility index (Phi) is 10.1. The van der Waals surface area contributed by atoms with Gasteiger partial charge in [-0.2, -0.15) is 0 Å². The van der Waals surface area contributed by atoms with Gasteiger partial charge in [0, 0.05) is 46.3 Å². The Bertz CT molecular complexity index is 990. The number of halogens is 1. The minimum absolute atomic E-state index is 0.0964. The van der Waals surface area contributed by atoms with E-state index in [1.165, 1.54) is 17.7 Å². The summed E-state index contributed by atoms with van der Waals surface area (Å²) in [6.45, 7) is 3.46. The number of nitrogens with one attached hydrogen (secondary N) is 1. The van der Waals surface area contributed by atoms with Gasteiger partial charge >= 0.3 is 11.9 Å².